The number of fused-ring (bicyclic) bond motifs is 1. The van der Waals surface area contributed by atoms with Crippen LogP contribution in [0, 0.1) is 13.8 Å². The van der Waals surface area contributed by atoms with Crippen molar-refractivity contribution in [2.75, 3.05) is 7.05 Å². The normalized spacial score (nSPS) is 11.1. The molecule has 8 heteroatoms. The van der Waals surface area contributed by atoms with Crippen LogP contribution in [-0.2, 0) is 13.6 Å². The summed E-state index contributed by atoms with van der Waals surface area (Å²) < 4.78 is 7.02. The van der Waals surface area contributed by atoms with E-state index in [1.807, 2.05) is 51.2 Å². The number of aromatic nitrogens is 5. The van der Waals surface area contributed by atoms with Gasteiger partial charge in [0.2, 0.25) is 11.7 Å². The lowest BCUT2D eigenvalue weighted by Crippen LogP contribution is -2.26. The Labute approximate surface area is 161 Å². The van der Waals surface area contributed by atoms with Gasteiger partial charge in [0.1, 0.15) is 0 Å². The van der Waals surface area contributed by atoms with Crippen molar-refractivity contribution in [3.05, 3.63) is 59.2 Å². The van der Waals surface area contributed by atoms with E-state index < -0.39 is 0 Å². The Morgan fingerprint density at radius 1 is 1.18 bits per heavy atom. The lowest BCUT2D eigenvalue weighted by Gasteiger charge is -2.16. The van der Waals surface area contributed by atoms with Gasteiger partial charge in [-0.3, -0.25) is 9.48 Å². The minimum Gasteiger partial charge on any atom is -0.337 e. The first kappa shape index (κ1) is 17.8. The monoisotopic (exact) mass is 376 g/mol. The number of hydrogen-bond donors (Lipinski definition) is 0. The number of amides is 1. The summed E-state index contributed by atoms with van der Waals surface area (Å²) in [5.41, 5.74) is 3.66. The standard InChI is InChI=1S/C20H20N6O2/c1-12-10-15(17-13(2)23-26(4)19(17)21-12)20(27)25(3)11-16-22-18(24-28-16)14-8-6-5-7-9-14/h5-10H,11H2,1-4H3. The molecule has 0 spiro atoms. The fraction of sp³-hybridized carbons (Fsp3) is 0.250. The maximum atomic E-state index is 13.1. The van der Waals surface area contributed by atoms with Crippen molar-refractivity contribution < 1.29 is 9.32 Å². The maximum Gasteiger partial charge on any atom is 0.254 e. The molecular formula is C20H20N6O2. The smallest absolute Gasteiger partial charge is 0.254 e. The molecule has 142 valence electrons. The van der Waals surface area contributed by atoms with Crippen molar-refractivity contribution >= 4 is 16.9 Å². The molecule has 1 amide bonds. The number of carbonyl (C=O) groups excluding carboxylic acids is 1. The summed E-state index contributed by atoms with van der Waals surface area (Å²) in [4.78, 5) is 23.6. The Hall–Kier alpha value is -3.55. The van der Waals surface area contributed by atoms with Gasteiger partial charge in [0.05, 0.1) is 23.2 Å². The number of rotatable bonds is 4. The van der Waals surface area contributed by atoms with Crippen LogP contribution in [0.4, 0.5) is 0 Å². The fourth-order valence-electron chi connectivity index (χ4n) is 3.24. The number of benzene rings is 1. The first-order valence-electron chi connectivity index (χ1n) is 8.88. The zero-order valence-corrected chi connectivity index (χ0v) is 16.2. The second kappa shape index (κ2) is 6.88. The average molecular weight is 376 g/mol. The van der Waals surface area contributed by atoms with E-state index in [1.54, 1.807) is 22.7 Å². The lowest BCUT2D eigenvalue weighted by atomic mass is 10.1. The van der Waals surface area contributed by atoms with E-state index in [0.29, 0.717) is 22.9 Å². The Balaban J connectivity index is 1.61. The summed E-state index contributed by atoms with van der Waals surface area (Å²) >= 11 is 0. The third-order valence-corrected chi connectivity index (χ3v) is 4.55. The molecule has 0 unspecified atom stereocenters. The van der Waals surface area contributed by atoms with Crippen LogP contribution in [0.25, 0.3) is 22.4 Å². The maximum absolute atomic E-state index is 13.1. The Morgan fingerprint density at radius 3 is 2.68 bits per heavy atom. The molecule has 8 nitrogen and oxygen atoms in total. The van der Waals surface area contributed by atoms with E-state index in [2.05, 4.69) is 20.2 Å². The van der Waals surface area contributed by atoms with Gasteiger partial charge in [0.25, 0.3) is 5.91 Å². The van der Waals surface area contributed by atoms with Crippen LogP contribution in [-0.4, -0.2) is 42.8 Å². The van der Waals surface area contributed by atoms with Crippen molar-refractivity contribution in [3.63, 3.8) is 0 Å². The molecule has 1 aromatic carbocycles. The van der Waals surface area contributed by atoms with Crippen LogP contribution in [0.3, 0.4) is 0 Å². The van der Waals surface area contributed by atoms with Crippen molar-refractivity contribution in [1.82, 2.24) is 29.8 Å². The summed E-state index contributed by atoms with van der Waals surface area (Å²) in [6.07, 6.45) is 0. The molecule has 0 atom stereocenters. The third kappa shape index (κ3) is 3.13. The Kier molecular flexibility index (Phi) is 4.38. The predicted octanol–water partition coefficient (Wildman–Crippen LogP) is 2.91. The lowest BCUT2D eigenvalue weighted by molar-refractivity contribution is 0.0771. The van der Waals surface area contributed by atoms with E-state index in [1.165, 1.54) is 0 Å². The highest BCUT2D eigenvalue weighted by Gasteiger charge is 2.22. The van der Waals surface area contributed by atoms with Gasteiger partial charge in [-0.2, -0.15) is 10.1 Å². The van der Waals surface area contributed by atoms with Gasteiger partial charge in [-0.1, -0.05) is 35.5 Å². The Bertz CT molecular complexity index is 1160. The second-order valence-corrected chi connectivity index (χ2v) is 6.76. The van der Waals surface area contributed by atoms with Gasteiger partial charge in [0.15, 0.2) is 5.65 Å². The van der Waals surface area contributed by atoms with Crippen LogP contribution in [0.2, 0.25) is 0 Å². The minimum atomic E-state index is -0.147. The number of hydrogen-bond acceptors (Lipinski definition) is 6. The molecule has 0 radical (unpaired) electrons. The summed E-state index contributed by atoms with van der Waals surface area (Å²) in [5.74, 6) is 0.729. The highest BCUT2D eigenvalue weighted by atomic mass is 16.5. The molecule has 4 aromatic rings. The quantitative estimate of drug-likeness (QED) is 0.544. The van der Waals surface area contributed by atoms with Crippen molar-refractivity contribution in [2.45, 2.75) is 20.4 Å². The molecule has 3 heterocycles. The van der Waals surface area contributed by atoms with Crippen molar-refractivity contribution in [2.24, 2.45) is 7.05 Å². The number of aryl methyl sites for hydroxylation is 3. The van der Waals surface area contributed by atoms with E-state index in [4.69, 9.17) is 4.52 Å². The van der Waals surface area contributed by atoms with Gasteiger partial charge >= 0.3 is 0 Å². The molecule has 0 fully saturated rings. The topological polar surface area (TPSA) is 89.9 Å². The largest absolute Gasteiger partial charge is 0.337 e. The molecule has 0 aliphatic carbocycles. The molecule has 0 aliphatic rings. The zero-order valence-electron chi connectivity index (χ0n) is 16.2. The molecule has 4 rings (SSSR count). The first-order valence-corrected chi connectivity index (χ1v) is 8.88. The van der Waals surface area contributed by atoms with Gasteiger partial charge in [-0.15, -0.1) is 0 Å². The molecule has 28 heavy (non-hydrogen) atoms. The van der Waals surface area contributed by atoms with Crippen molar-refractivity contribution in [1.29, 1.82) is 0 Å². The zero-order chi connectivity index (χ0) is 19.8. The SMILES string of the molecule is Cc1cc(C(=O)N(C)Cc2nc(-c3ccccc3)no2)c2c(C)nn(C)c2n1. The molecule has 0 N–H and O–H groups in total. The van der Waals surface area contributed by atoms with Gasteiger partial charge in [-0.05, 0) is 19.9 Å². The van der Waals surface area contributed by atoms with Crippen LogP contribution >= 0.6 is 0 Å². The van der Waals surface area contributed by atoms with Gasteiger partial charge in [-0.25, -0.2) is 4.98 Å². The minimum absolute atomic E-state index is 0.147. The highest BCUT2D eigenvalue weighted by molar-refractivity contribution is 6.06. The summed E-state index contributed by atoms with van der Waals surface area (Å²) in [5, 5.41) is 9.17. The van der Waals surface area contributed by atoms with E-state index in [9.17, 15) is 4.79 Å². The summed E-state index contributed by atoms with van der Waals surface area (Å²) in [7, 11) is 3.53. The van der Waals surface area contributed by atoms with Crippen molar-refractivity contribution in [3.8, 4) is 11.4 Å². The highest BCUT2D eigenvalue weighted by Crippen LogP contribution is 2.23. The fourth-order valence-corrected chi connectivity index (χ4v) is 3.24. The first-order chi connectivity index (χ1) is 13.4. The molecule has 0 saturated heterocycles. The second-order valence-electron chi connectivity index (χ2n) is 6.76. The van der Waals surface area contributed by atoms with Gasteiger partial charge in [0, 0.05) is 25.4 Å². The number of pyridine rings is 1. The van der Waals surface area contributed by atoms with Gasteiger partial charge < -0.3 is 9.42 Å². The average Bonchev–Trinajstić information content (AvgIpc) is 3.26. The van der Waals surface area contributed by atoms with Crippen LogP contribution in [0.5, 0.6) is 0 Å². The third-order valence-electron chi connectivity index (χ3n) is 4.55. The summed E-state index contributed by atoms with van der Waals surface area (Å²) in [6, 6.07) is 11.4. The van der Waals surface area contributed by atoms with Crippen LogP contribution in [0.1, 0.15) is 27.6 Å². The summed E-state index contributed by atoms with van der Waals surface area (Å²) in [6.45, 7) is 3.95. The van der Waals surface area contributed by atoms with Crippen LogP contribution in [0.15, 0.2) is 40.9 Å². The molecule has 3 aromatic heterocycles. The molecular weight excluding hydrogens is 356 g/mol. The van der Waals surface area contributed by atoms with E-state index >= 15 is 0 Å². The van der Waals surface area contributed by atoms with E-state index in [0.717, 1.165) is 22.3 Å². The van der Waals surface area contributed by atoms with Crippen LogP contribution < -0.4 is 0 Å². The molecule has 0 bridgehead atoms. The van der Waals surface area contributed by atoms with E-state index in [-0.39, 0.29) is 12.5 Å². The molecule has 0 aliphatic heterocycles. The Morgan fingerprint density at radius 2 is 1.93 bits per heavy atom. The molecule has 0 saturated carbocycles. The predicted molar refractivity (Wildman–Crippen MR) is 104 cm³/mol. The number of carbonyl (C=O) groups is 1. The number of nitrogens with zero attached hydrogens (tertiary/aromatic N) is 6.